The van der Waals surface area contributed by atoms with Crippen LogP contribution in [0.4, 0.5) is 0 Å². The maximum atomic E-state index is 10.1. The zero-order valence-electron chi connectivity index (χ0n) is 9.29. The van der Waals surface area contributed by atoms with E-state index in [1.54, 1.807) is 0 Å². The van der Waals surface area contributed by atoms with Gasteiger partial charge < -0.3 is 10.0 Å². The molecular formula is C12H21NO. The summed E-state index contributed by atoms with van der Waals surface area (Å²) in [5.41, 5.74) is -0.0649. The first-order valence-corrected chi connectivity index (χ1v) is 5.42. The molecule has 0 aromatic carbocycles. The third kappa shape index (κ3) is 2.10. The van der Waals surface area contributed by atoms with Crippen LogP contribution in [0.2, 0.25) is 0 Å². The SMILES string of the molecule is C#CCC(O)C1(N(C)C)CCCCC1. The largest absolute Gasteiger partial charge is 0.390 e. The molecule has 1 unspecified atom stereocenters. The fourth-order valence-electron chi connectivity index (χ4n) is 2.54. The molecule has 0 spiro atoms. The van der Waals surface area contributed by atoms with E-state index in [9.17, 15) is 5.11 Å². The Hall–Kier alpha value is -0.520. The molecule has 0 amide bonds. The first-order chi connectivity index (χ1) is 6.63. The minimum atomic E-state index is -0.372. The van der Waals surface area contributed by atoms with Crippen molar-refractivity contribution < 1.29 is 5.11 Å². The van der Waals surface area contributed by atoms with Gasteiger partial charge in [0.05, 0.1) is 6.10 Å². The number of hydrogen-bond donors (Lipinski definition) is 1. The lowest BCUT2D eigenvalue weighted by Crippen LogP contribution is -2.54. The van der Waals surface area contributed by atoms with Crippen molar-refractivity contribution in [1.82, 2.24) is 4.90 Å². The molecule has 1 aliphatic rings. The molecule has 0 aliphatic heterocycles. The molecule has 0 bridgehead atoms. The summed E-state index contributed by atoms with van der Waals surface area (Å²) in [6.45, 7) is 0. The Morgan fingerprint density at radius 3 is 2.36 bits per heavy atom. The van der Waals surface area contributed by atoms with Crippen molar-refractivity contribution in [2.24, 2.45) is 0 Å². The van der Waals surface area contributed by atoms with Gasteiger partial charge in [0.1, 0.15) is 0 Å². The number of likely N-dealkylation sites (N-methyl/N-ethyl adjacent to an activating group) is 1. The van der Waals surface area contributed by atoms with Crippen molar-refractivity contribution in [2.45, 2.75) is 50.2 Å². The predicted molar refractivity (Wildman–Crippen MR) is 59.0 cm³/mol. The number of aliphatic hydroxyl groups is 1. The molecule has 1 aliphatic carbocycles. The minimum Gasteiger partial charge on any atom is -0.390 e. The van der Waals surface area contributed by atoms with Crippen molar-refractivity contribution in [3.8, 4) is 12.3 Å². The van der Waals surface area contributed by atoms with Crippen molar-refractivity contribution in [3.63, 3.8) is 0 Å². The summed E-state index contributed by atoms with van der Waals surface area (Å²) in [6.07, 6.45) is 11.2. The van der Waals surface area contributed by atoms with E-state index in [2.05, 4.69) is 10.8 Å². The molecule has 1 fully saturated rings. The normalized spacial score (nSPS) is 23.1. The van der Waals surface area contributed by atoms with Crippen LogP contribution in [0, 0.1) is 12.3 Å². The molecule has 1 rings (SSSR count). The van der Waals surface area contributed by atoms with Gasteiger partial charge in [-0.25, -0.2) is 0 Å². The fourth-order valence-corrected chi connectivity index (χ4v) is 2.54. The summed E-state index contributed by atoms with van der Waals surface area (Å²) in [5.74, 6) is 2.57. The quantitative estimate of drug-likeness (QED) is 0.692. The monoisotopic (exact) mass is 195 g/mol. The Labute approximate surface area is 87.3 Å². The van der Waals surface area contributed by atoms with Gasteiger partial charge in [0.25, 0.3) is 0 Å². The highest BCUT2D eigenvalue weighted by molar-refractivity contribution is 5.01. The summed E-state index contributed by atoms with van der Waals surface area (Å²) in [7, 11) is 4.09. The topological polar surface area (TPSA) is 23.5 Å². The molecule has 1 N–H and O–H groups in total. The van der Waals surface area contributed by atoms with Gasteiger partial charge in [0.15, 0.2) is 0 Å². The molecule has 1 saturated carbocycles. The van der Waals surface area contributed by atoms with Gasteiger partial charge in [-0.05, 0) is 26.9 Å². The Balaban J connectivity index is 2.75. The standard InChI is InChI=1S/C12H21NO/c1-4-8-11(14)12(13(2)3)9-6-5-7-10-12/h1,11,14H,5-10H2,2-3H3. The second-order valence-corrected chi connectivity index (χ2v) is 4.48. The average Bonchev–Trinajstić information content (AvgIpc) is 2.19. The first kappa shape index (κ1) is 11.6. The molecular weight excluding hydrogens is 174 g/mol. The number of hydrogen-bond acceptors (Lipinski definition) is 2. The summed E-state index contributed by atoms with van der Waals surface area (Å²) >= 11 is 0. The average molecular weight is 195 g/mol. The van der Waals surface area contributed by atoms with E-state index < -0.39 is 0 Å². The van der Waals surface area contributed by atoms with Gasteiger partial charge in [-0.3, -0.25) is 0 Å². The Morgan fingerprint density at radius 1 is 1.36 bits per heavy atom. The Morgan fingerprint density at radius 2 is 1.93 bits per heavy atom. The molecule has 0 heterocycles. The Kier molecular flexibility index (Phi) is 3.97. The second kappa shape index (κ2) is 4.82. The van der Waals surface area contributed by atoms with Crippen molar-refractivity contribution in [3.05, 3.63) is 0 Å². The van der Waals surface area contributed by atoms with Crippen LogP contribution in [0.1, 0.15) is 38.5 Å². The molecule has 0 aromatic heterocycles. The highest BCUT2D eigenvalue weighted by atomic mass is 16.3. The lowest BCUT2D eigenvalue weighted by atomic mass is 9.76. The summed E-state index contributed by atoms with van der Waals surface area (Å²) in [4.78, 5) is 2.16. The van der Waals surface area contributed by atoms with Crippen LogP contribution in [-0.2, 0) is 0 Å². The van der Waals surface area contributed by atoms with Gasteiger partial charge >= 0.3 is 0 Å². The highest BCUT2D eigenvalue weighted by Crippen LogP contribution is 2.35. The Bertz CT molecular complexity index is 211. The lowest BCUT2D eigenvalue weighted by Gasteiger charge is -2.46. The van der Waals surface area contributed by atoms with Crippen LogP contribution in [0.3, 0.4) is 0 Å². The van der Waals surface area contributed by atoms with E-state index in [4.69, 9.17) is 6.42 Å². The van der Waals surface area contributed by atoms with Crippen LogP contribution in [0.15, 0.2) is 0 Å². The second-order valence-electron chi connectivity index (χ2n) is 4.48. The van der Waals surface area contributed by atoms with E-state index >= 15 is 0 Å². The summed E-state index contributed by atoms with van der Waals surface area (Å²) < 4.78 is 0. The smallest absolute Gasteiger partial charge is 0.0832 e. The fraction of sp³-hybridized carbons (Fsp3) is 0.833. The molecule has 0 radical (unpaired) electrons. The van der Waals surface area contributed by atoms with E-state index in [0.29, 0.717) is 6.42 Å². The van der Waals surface area contributed by atoms with Crippen molar-refractivity contribution >= 4 is 0 Å². The van der Waals surface area contributed by atoms with E-state index in [-0.39, 0.29) is 11.6 Å². The van der Waals surface area contributed by atoms with Crippen LogP contribution in [-0.4, -0.2) is 35.7 Å². The highest BCUT2D eigenvalue weighted by Gasteiger charge is 2.40. The lowest BCUT2D eigenvalue weighted by molar-refractivity contribution is -0.0285. The van der Waals surface area contributed by atoms with Crippen LogP contribution >= 0.6 is 0 Å². The molecule has 14 heavy (non-hydrogen) atoms. The molecule has 0 aromatic rings. The number of terminal acetylenes is 1. The molecule has 1 atom stereocenters. The van der Waals surface area contributed by atoms with Gasteiger partial charge in [-0.2, -0.15) is 0 Å². The molecule has 80 valence electrons. The van der Waals surface area contributed by atoms with Gasteiger partial charge in [-0.15, -0.1) is 12.3 Å². The maximum Gasteiger partial charge on any atom is 0.0832 e. The predicted octanol–water partition coefficient (Wildman–Crippen LogP) is 1.64. The maximum absolute atomic E-state index is 10.1. The number of rotatable bonds is 3. The molecule has 2 heteroatoms. The third-order valence-corrected chi connectivity index (χ3v) is 3.54. The number of nitrogens with zero attached hydrogens (tertiary/aromatic N) is 1. The van der Waals surface area contributed by atoms with E-state index in [1.165, 1.54) is 19.3 Å². The first-order valence-electron chi connectivity index (χ1n) is 5.42. The minimum absolute atomic E-state index is 0.0649. The van der Waals surface area contributed by atoms with Crippen molar-refractivity contribution in [2.75, 3.05) is 14.1 Å². The molecule has 0 saturated heterocycles. The van der Waals surface area contributed by atoms with Gasteiger partial charge in [0, 0.05) is 12.0 Å². The van der Waals surface area contributed by atoms with Crippen molar-refractivity contribution in [1.29, 1.82) is 0 Å². The summed E-state index contributed by atoms with van der Waals surface area (Å²) in [5, 5.41) is 10.1. The zero-order chi connectivity index (χ0) is 10.6. The van der Waals surface area contributed by atoms with Crippen LogP contribution < -0.4 is 0 Å². The van der Waals surface area contributed by atoms with E-state index in [0.717, 1.165) is 12.8 Å². The van der Waals surface area contributed by atoms with Gasteiger partial charge in [-0.1, -0.05) is 19.3 Å². The number of aliphatic hydroxyl groups excluding tert-OH is 1. The van der Waals surface area contributed by atoms with Gasteiger partial charge in [0.2, 0.25) is 0 Å². The van der Waals surface area contributed by atoms with Crippen LogP contribution in [0.25, 0.3) is 0 Å². The van der Waals surface area contributed by atoms with E-state index in [1.807, 2.05) is 14.1 Å². The summed E-state index contributed by atoms with van der Waals surface area (Å²) in [6, 6.07) is 0. The third-order valence-electron chi connectivity index (χ3n) is 3.54. The zero-order valence-corrected chi connectivity index (χ0v) is 9.29. The molecule has 2 nitrogen and oxygen atoms in total. The van der Waals surface area contributed by atoms with Crippen LogP contribution in [0.5, 0.6) is 0 Å².